The summed E-state index contributed by atoms with van der Waals surface area (Å²) in [6.45, 7) is 5.41. The number of rotatable bonds is 3. The maximum Gasteiger partial charge on any atom is 0.144 e. The summed E-state index contributed by atoms with van der Waals surface area (Å²) in [6.07, 6.45) is 4.25. The lowest BCUT2D eigenvalue weighted by Gasteiger charge is -2.34. The van der Waals surface area contributed by atoms with E-state index >= 15 is 0 Å². The molecule has 0 radical (unpaired) electrons. The third-order valence-corrected chi connectivity index (χ3v) is 3.43. The zero-order valence-corrected chi connectivity index (χ0v) is 10.3. The number of pyridine rings is 1. The summed E-state index contributed by atoms with van der Waals surface area (Å²) in [7, 11) is 0. The van der Waals surface area contributed by atoms with Gasteiger partial charge in [0.2, 0.25) is 0 Å². The molecular weight excluding hydrogens is 222 g/mol. The van der Waals surface area contributed by atoms with Crippen molar-refractivity contribution in [1.82, 2.24) is 10.3 Å². The normalized spacial score (nSPS) is 25.4. The average Bonchev–Trinajstić information content (AvgIpc) is 2.29. The van der Waals surface area contributed by atoms with Crippen molar-refractivity contribution >= 4 is 17.4 Å². The average molecular weight is 240 g/mol. The van der Waals surface area contributed by atoms with Gasteiger partial charge in [0.25, 0.3) is 0 Å². The highest BCUT2D eigenvalue weighted by Gasteiger charge is 2.26. The van der Waals surface area contributed by atoms with E-state index in [-0.39, 0.29) is 0 Å². The molecule has 0 spiro atoms. The second-order valence-corrected chi connectivity index (χ2v) is 5.19. The van der Waals surface area contributed by atoms with Crippen LogP contribution in [-0.2, 0) is 0 Å². The molecule has 0 aliphatic carbocycles. The van der Waals surface area contributed by atoms with E-state index in [1.807, 2.05) is 12.1 Å². The SMILES string of the molecule is CC1(CNc2ncccc2Cl)CCCNC1. The van der Waals surface area contributed by atoms with Crippen LogP contribution in [0.1, 0.15) is 19.8 Å². The van der Waals surface area contributed by atoms with Gasteiger partial charge in [-0.25, -0.2) is 4.98 Å². The summed E-state index contributed by atoms with van der Waals surface area (Å²) in [5.74, 6) is 0.788. The summed E-state index contributed by atoms with van der Waals surface area (Å²) < 4.78 is 0. The Labute approximate surface area is 102 Å². The lowest BCUT2D eigenvalue weighted by molar-refractivity contribution is 0.253. The third-order valence-electron chi connectivity index (χ3n) is 3.13. The predicted molar refractivity (Wildman–Crippen MR) is 67.9 cm³/mol. The van der Waals surface area contributed by atoms with Crippen molar-refractivity contribution in [3.63, 3.8) is 0 Å². The Kier molecular flexibility index (Phi) is 3.66. The van der Waals surface area contributed by atoms with Gasteiger partial charge in [-0.3, -0.25) is 0 Å². The first kappa shape index (κ1) is 11.7. The third kappa shape index (κ3) is 2.86. The molecule has 1 aliphatic heterocycles. The molecule has 1 aromatic heterocycles. The number of hydrogen-bond acceptors (Lipinski definition) is 3. The molecule has 1 saturated heterocycles. The number of halogens is 1. The number of hydrogen-bond donors (Lipinski definition) is 2. The van der Waals surface area contributed by atoms with Crippen LogP contribution in [0.2, 0.25) is 5.02 Å². The summed E-state index contributed by atoms with van der Waals surface area (Å²) in [4.78, 5) is 4.23. The van der Waals surface area contributed by atoms with Crippen molar-refractivity contribution in [2.24, 2.45) is 5.41 Å². The molecule has 2 rings (SSSR count). The minimum absolute atomic E-state index is 0.305. The first-order chi connectivity index (χ1) is 7.70. The molecule has 88 valence electrons. The van der Waals surface area contributed by atoms with Crippen LogP contribution in [0.25, 0.3) is 0 Å². The Morgan fingerprint density at radius 3 is 3.19 bits per heavy atom. The quantitative estimate of drug-likeness (QED) is 0.851. The maximum absolute atomic E-state index is 6.05. The minimum atomic E-state index is 0.305. The number of piperidine rings is 1. The molecule has 1 atom stereocenters. The van der Waals surface area contributed by atoms with E-state index in [1.54, 1.807) is 6.20 Å². The van der Waals surface area contributed by atoms with E-state index in [9.17, 15) is 0 Å². The van der Waals surface area contributed by atoms with Gasteiger partial charge in [-0.05, 0) is 36.9 Å². The van der Waals surface area contributed by atoms with Gasteiger partial charge >= 0.3 is 0 Å². The Morgan fingerprint density at radius 2 is 2.50 bits per heavy atom. The van der Waals surface area contributed by atoms with Gasteiger partial charge < -0.3 is 10.6 Å². The Bertz CT molecular complexity index is 348. The van der Waals surface area contributed by atoms with Crippen LogP contribution in [0, 0.1) is 5.41 Å². The summed E-state index contributed by atoms with van der Waals surface area (Å²) in [5.41, 5.74) is 0.305. The molecule has 2 heterocycles. The molecule has 1 fully saturated rings. The Morgan fingerprint density at radius 1 is 1.62 bits per heavy atom. The smallest absolute Gasteiger partial charge is 0.144 e. The monoisotopic (exact) mass is 239 g/mol. The molecule has 1 unspecified atom stereocenters. The lowest BCUT2D eigenvalue weighted by atomic mass is 9.83. The van der Waals surface area contributed by atoms with E-state index < -0.39 is 0 Å². The largest absolute Gasteiger partial charge is 0.368 e. The molecule has 0 aromatic carbocycles. The number of nitrogens with zero attached hydrogens (tertiary/aromatic N) is 1. The van der Waals surface area contributed by atoms with Crippen LogP contribution in [0.5, 0.6) is 0 Å². The van der Waals surface area contributed by atoms with E-state index in [2.05, 4.69) is 22.5 Å². The topological polar surface area (TPSA) is 37.0 Å². The van der Waals surface area contributed by atoms with E-state index in [0.717, 1.165) is 25.5 Å². The van der Waals surface area contributed by atoms with Crippen molar-refractivity contribution in [2.45, 2.75) is 19.8 Å². The summed E-state index contributed by atoms with van der Waals surface area (Å²) in [5, 5.41) is 7.46. The first-order valence-corrected chi connectivity index (χ1v) is 6.13. The fourth-order valence-electron chi connectivity index (χ4n) is 2.08. The second kappa shape index (κ2) is 5.02. The van der Waals surface area contributed by atoms with Crippen molar-refractivity contribution < 1.29 is 0 Å². The molecule has 2 N–H and O–H groups in total. The van der Waals surface area contributed by atoms with Crippen LogP contribution in [0.15, 0.2) is 18.3 Å². The predicted octanol–water partition coefficient (Wildman–Crippen LogP) is 2.54. The fourth-order valence-corrected chi connectivity index (χ4v) is 2.27. The zero-order chi connectivity index (χ0) is 11.4. The second-order valence-electron chi connectivity index (χ2n) is 4.78. The molecule has 0 saturated carbocycles. The fraction of sp³-hybridized carbons (Fsp3) is 0.583. The Balaban J connectivity index is 1.94. The van der Waals surface area contributed by atoms with Crippen LogP contribution >= 0.6 is 11.6 Å². The van der Waals surface area contributed by atoms with E-state index in [0.29, 0.717) is 10.4 Å². The van der Waals surface area contributed by atoms with Crippen molar-refractivity contribution in [2.75, 3.05) is 25.0 Å². The van der Waals surface area contributed by atoms with Gasteiger partial charge in [0, 0.05) is 19.3 Å². The zero-order valence-electron chi connectivity index (χ0n) is 9.59. The lowest BCUT2D eigenvalue weighted by Crippen LogP contribution is -2.42. The maximum atomic E-state index is 6.05. The molecule has 4 heteroatoms. The van der Waals surface area contributed by atoms with Gasteiger partial charge in [0.15, 0.2) is 0 Å². The summed E-state index contributed by atoms with van der Waals surface area (Å²) in [6, 6.07) is 3.70. The van der Waals surface area contributed by atoms with Gasteiger partial charge in [0.05, 0.1) is 5.02 Å². The standard InChI is InChI=1S/C12H18ClN3/c1-12(5-3-6-14-8-12)9-16-11-10(13)4-2-7-15-11/h2,4,7,14H,3,5-6,8-9H2,1H3,(H,15,16). The first-order valence-electron chi connectivity index (χ1n) is 5.75. The number of aromatic nitrogens is 1. The highest BCUT2D eigenvalue weighted by Crippen LogP contribution is 2.26. The molecule has 1 aromatic rings. The van der Waals surface area contributed by atoms with Gasteiger partial charge in [-0.1, -0.05) is 18.5 Å². The molecule has 3 nitrogen and oxygen atoms in total. The van der Waals surface area contributed by atoms with Gasteiger partial charge in [-0.2, -0.15) is 0 Å². The van der Waals surface area contributed by atoms with Crippen LogP contribution in [0.3, 0.4) is 0 Å². The molecule has 16 heavy (non-hydrogen) atoms. The number of anilines is 1. The van der Waals surface area contributed by atoms with Crippen molar-refractivity contribution in [1.29, 1.82) is 0 Å². The molecular formula is C12H18ClN3. The van der Waals surface area contributed by atoms with Crippen molar-refractivity contribution in [3.8, 4) is 0 Å². The number of nitrogens with one attached hydrogen (secondary N) is 2. The van der Waals surface area contributed by atoms with Gasteiger partial charge in [-0.15, -0.1) is 0 Å². The Hall–Kier alpha value is -0.800. The molecule has 1 aliphatic rings. The summed E-state index contributed by atoms with van der Waals surface area (Å²) >= 11 is 6.05. The van der Waals surface area contributed by atoms with E-state index in [4.69, 9.17) is 11.6 Å². The van der Waals surface area contributed by atoms with Crippen LogP contribution in [0.4, 0.5) is 5.82 Å². The van der Waals surface area contributed by atoms with Crippen LogP contribution in [-0.4, -0.2) is 24.6 Å². The highest BCUT2D eigenvalue weighted by molar-refractivity contribution is 6.32. The van der Waals surface area contributed by atoms with E-state index in [1.165, 1.54) is 12.8 Å². The van der Waals surface area contributed by atoms with Crippen molar-refractivity contribution in [3.05, 3.63) is 23.4 Å². The van der Waals surface area contributed by atoms with Gasteiger partial charge in [0.1, 0.15) is 5.82 Å². The highest BCUT2D eigenvalue weighted by atomic mass is 35.5. The molecule has 0 amide bonds. The molecule has 0 bridgehead atoms. The minimum Gasteiger partial charge on any atom is -0.368 e. The van der Waals surface area contributed by atoms with Crippen LogP contribution < -0.4 is 10.6 Å².